The van der Waals surface area contributed by atoms with Crippen molar-refractivity contribution in [2.45, 2.75) is 51.4 Å². The van der Waals surface area contributed by atoms with Crippen LogP contribution in [0.1, 0.15) is 33.6 Å². The van der Waals surface area contributed by atoms with E-state index in [4.69, 9.17) is 4.74 Å². The fourth-order valence-corrected chi connectivity index (χ4v) is 2.86. The number of alkyl halides is 3. The van der Waals surface area contributed by atoms with Crippen molar-refractivity contribution in [2.75, 3.05) is 19.6 Å². The normalized spacial score (nSPS) is 26.3. The van der Waals surface area contributed by atoms with Gasteiger partial charge in [-0.25, -0.2) is 4.79 Å². The van der Waals surface area contributed by atoms with Crippen molar-refractivity contribution < 1.29 is 22.7 Å². The Labute approximate surface area is 116 Å². The second-order valence-corrected chi connectivity index (χ2v) is 6.84. The van der Waals surface area contributed by atoms with Crippen molar-refractivity contribution in [3.05, 3.63) is 0 Å². The summed E-state index contributed by atoms with van der Waals surface area (Å²) in [5.41, 5.74) is -0.981. The summed E-state index contributed by atoms with van der Waals surface area (Å²) in [7, 11) is 0. The molecule has 1 amide bonds. The lowest BCUT2D eigenvalue weighted by Gasteiger charge is -2.53. The largest absolute Gasteiger partial charge is 0.444 e. The number of rotatable bonds is 0. The van der Waals surface area contributed by atoms with E-state index in [-0.39, 0.29) is 6.42 Å². The van der Waals surface area contributed by atoms with Crippen molar-refractivity contribution in [2.24, 2.45) is 5.41 Å². The van der Waals surface area contributed by atoms with Gasteiger partial charge in [-0.3, -0.25) is 0 Å². The highest BCUT2D eigenvalue weighted by Gasteiger charge is 2.53. The lowest BCUT2D eigenvalue weighted by molar-refractivity contribution is -0.178. The van der Waals surface area contributed by atoms with Gasteiger partial charge in [0.05, 0.1) is 0 Å². The number of ether oxygens (including phenoxy) is 1. The summed E-state index contributed by atoms with van der Waals surface area (Å²) in [6, 6.07) is -1.46. The van der Waals surface area contributed by atoms with Crippen LogP contribution in [0.25, 0.3) is 0 Å². The van der Waals surface area contributed by atoms with Crippen LogP contribution in [0.15, 0.2) is 0 Å². The molecule has 4 nitrogen and oxygen atoms in total. The molecule has 116 valence electrons. The third kappa shape index (κ3) is 3.37. The van der Waals surface area contributed by atoms with Crippen LogP contribution < -0.4 is 5.32 Å². The van der Waals surface area contributed by atoms with Gasteiger partial charge in [0.2, 0.25) is 0 Å². The second kappa shape index (κ2) is 4.79. The van der Waals surface area contributed by atoms with E-state index in [0.29, 0.717) is 26.1 Å². The SMILES string of the molecule is CC(C)(C)OC(=O)N1CC2(CCNC(C(F)(F)F)C2)C1. The monoisotopic (exact) mass is 294 g/mol. The lowest BCUT2D eigenvalue weighted by atomic mass is 9.70. The summed E-state index contributed by atoms with van der Waals surface area (Å²) < 4.78 is 43.5. The van der Waals surface area contributed by atoms with Crippen LogP contribution in [-0.4, -0.2) is 48.4 Å². The fourth-order valence-electron chi connectivity index (χ4n) is 2.86. The predicted octanol–water partition coefficient (Wildman–Crippen LogP) is 2.54. The maximum atomic E-state index is 12.8. The first-order chi connectivity index (χ1) is 9.01. The summed E-state index contributed by atoms with van der Waals surface area (Å²) in [5, 5.41) is 2.51. The van der Waals surface area contributed by atoms with Crippen LogP contribution in [0.4, 0.5) is 18.0 Å². The van der Waals surface area contributed by atoms with Crippen LogP contribution >= 0.6 is 0 Å². The molecule has 0 saturated carbocycles. The molecular formula is C13H21F3N2O2. The minimum atomic E-state index is -4.22. The summed E-state index contributed by atoms with van der Waals surface area (Å²) in [6.07, 6.45) is -3.96. The molecule has 2 aliphatic rings. The molecule has 2 fully saturated rings. The molecule has 0 aromatic heterocycles. The van der Waals surface area contributed by atoms with Crippen LogP contribution in [0, 0.1) is 5.41 Å². The molecule has 0 bridgehead atoms. The van der Waals surface area contributed by atoms with Gasteiger partial charge in [0, 0.05) is 18.5 Å². The maximum absolute atomic E-state index is 12.8. The van der Waals surface area contributed by atoms with E-state index in [2.05, 4.69) is 5.32 Å². The number of likely N-dealkylation sites (tertiary alicyclic amines) is 1. The highest BCUT2D eigenvalue weighted by Crippen LogP contribution is 2.43. The topological polar surface area (TPSA) is 41.6 Å². The molecule has 2 rings (SSSR count). The molecule has 1 unspecified atom stereocenters. The van der Waals surface area contributed by atoms with Gasteiger partial charge in [0.1, 0.15) is 11.6 Å². The first-order valence-electron chi connectivity index (χ1n) is 6.79. The Balaban J connectivity index is 1.89. The zero-order valence-electron chi connectivity index (χ0n) is 12.0. The standard InChI is InChI=1S/C13H21F3N2O2/c1-11(2,3)20-10(19)18-7-12(8-18)4-5-17-9(6-12)13(14,15)16/h9,17H,4-8H2,1-3H3. The zero-order valence-corrected chi connectivity index (χ0v) is 12.0. The first kappa shape index (κ1) is 15.4. The zero-order chi connectivity index (χ0) is 15.2. The van der Waals surface area contributed by atoms with E-state index < -0.39 is 29.3 Å². The number of amides is 1. The van der Waals surface area contributed by atoms with Gasteiger partial charge in [-0.15, -0.1) is 0 Å². The van der Waals surface area contributed by atoms with Gasteiger partial charge < -0.3 is 15.0 Å². The Morgan fingerprint density at radius 2 is 1.90 bits per heavy atom. The van der Waals surface area contributed by atoms with Crippen molar-refractivity contribution >= 4 is 6.09 Å². The number of hydrogen-bond acceptors (Lipinski definition) is 3. The lowest BCUT2D eigenvalue weighted by Crippen LogP contribution is -2.65. The molecule has 0 aromatic rings. The molecule has 1 N–H and O–H groups in total. The van der Waals surface area contributed by atoms with E-state index in [9.17, 15) is 18.0 Å². The Morgan fingerprint density at radius 1 is 1.30 bits per heavy atom. The summed E-state index contributed by atoms with van der Waals surface area (Å²) in [6.45, 7) is 6.36. The minimum Gasteiger partial charge on any atom is -0.444 e. The average Bonchev–Trinajstić information content (AvgIpc) is 2.22. The minimum absolute atomic E-state index is 0.0375. The fraction of sp³-hybridized carbons (Fsp3) is 0.923. The van der Waals surface area contributed by atoms with E-state index in [0.717, 1.165) is 0 Å². The predicted molar refractivity (Wildman–Crippen MR) is 67.3 cm³/mol. The number of piperidine rings is 1. The van der Waals surface area contributed by atoms with Gasteiger partial charge in [0.15, 0.2) is 0 Å². The molecule has 1 atom stereocenters. The highest BCUT2D eigenvalue weighted by atomic mass is 19.4. The summed E-state index contributed by atoms with van der Waals surface area (Å²) in [5.74, 6) is 0. The summed E-state index contributed by atoms with van der Waals surface area (Å²) in [4.78, 5) is 13.3. The number of nitrogens with zero attached hydrogens (tertiary/aromatic N) is 1. The smallest absolute Gasteiger partial charge is 0.410 e. The Hall–Kier alpha value is -0.980. The van der Waals surface area contributed by atoms with E-state index in [1.807, 2.05) is 0 Å². The number of nitrogens with one attached hydrogen (secondary N) is 1. The first-order valence-corrected chi connectivity index (χ1v) is 6.79. The highest BCUT2D eigenvalue weighted by molar-refractivity contribution is 5.69. The number of carbonyl (C=O) groups is 1. The third-order valence-corrected chi connectivity index (χ3v) is 3.78. The summed E-state index contributed by atoms with van der Waals surface area (Å²) >= 11 is 0. The molecule has 0 aromatic carbocycles. The molecule has 2 aliphatic heterocycles. The van der Waals surface area contributed by atoms with Gasteiger partial charge in [-0.1, -0.05) is 0 Å². The molecule has 2 heterocycles. The van der Waals surface area contributed by atoms with Crippen LogP contribution in [-0.2, 0) is 4.74 Å². The van der Waals surface area contributed by atoms with Gasteiger partial charge >= 0.3 is 12.3 Å². The van der Waals surface area contributed by atoms with Gasteiger partial charge in [-0.2, -0.15) is 13.2 Å². The van der Waals surface area contributed by atoms with Crippen LogP contribution in [0.2, 0.25) is 0 Å². The number of hydrogen-bond donors (Lipinski definition) is 1. The Morgan fingerprint density at radius 3 is 2.40 bits per heavy atom. The molecule has 0 radical (unpaired) electrons. The third-order valence-electron chi connectivity index (χ3n) is 3.78. The van der Waals surface area contributed by atoms with Gasteiger partial charge in [-0.05, 0) is 40.2 Å². The van der Waals surface area contributed by atoms with Crippen molar-refractivity contribution in [1.29, 1.82) is 0 Å². The number of carbonyl (C=O) groups excluding carboxylic acids is 1. The molecule has 7 heteroatoms. The quantitative estimate of drug-likeness (QED) is 0.746. The van der Waals surface area contributed by atoms with Crippen LogP contribution in [0.3, 0.4) is 0 Å². The molecule has 2 saturated heterocycles. The second-order valence-electron chi connectivity index (χ2n) is 6.84. The average molecular weight is 294 g/mol. The molecule has 20 heavy (non-hydrogen) atoms. The number of halogens is 3. The molecule has 0 aliphatic carbocycles. The van der Waals surface area contributed by atoms with Crippen molar-refractivity contribution in [1.82, 2.24) is 10.2 Å². The Bertz CT molecular complexity index is 384. The molecule has 1 spiro atoms. The van der Waals surface area contributed by atoms with Crippen molar-refractivity contribution in [3.63, 3.8) is 0 Å². The van der Waals surface area contributed by atoms with E-state index in [1.165, 1.54) is 4.90 Å². The Kier molecular flexibility index (Phi) is 3.69. The van der Waals surface area contributed by atoms with Crippen molar-refractivity contribution in [3.8, 4) is 0 Å². The molecular weight excluding hydrogens is 273 g/mol. The van der Waals surface area contributed by atoms with E-state index >= 15 is 0 Å². The maximum Gasteiger partial charge on any atom is 0.410 e. The van der Waals surface area contributed by atoms with Crippen LogP contribution in [0.5, 0.6) is 0 Å². The van der Waals surface area contributed by atoms with Gasteiger partial charge in [0.25, 0.3) is 0 Å². The van der Waals surface area contributed by atoms with E-state index in [1.54, 1.807) is 20.8 Å².